The predicted octanol–water partition coefficient (Wildman–Crippen LogP) is 7.68. The van der Waals surface area contributed by atoms with E-state index in [2.05, 4.69) is 16.0 Å². The smallest absolute Gasteiger partial charge is 0.409 e. The number of rotatable bonds is 25. The molecule has 0 radical (unpaired) electrons. The van der Waals surface area contributed by atoms with E-state index in [-0.39, 0.29) is 85.8 Å². The number of anilines is 1. The number of aryl methyl sites for hydroxylation is 1. The maximum Gasteiger partial charge on any atom is 0.409 e. The number of thioether (sulfide) groups is 1. The van der Waals surface area contributed by atoms with E-state index >= 15 is 0 Å². The van der Waals surface area contributed by atoms with Gasteiger partial charge in [0, 0.05) is 89.1 Å². The molecule has 1 aromatic rings. The van der Waals surface area contributed by atoms with Crippen LogP contribution >= 0.6 is 23.4 Å². The van der Waals surface area contributed by atoms with Gasteiger partial charge in [-0.1, -0.05) is 75.1 Å². The second-order valence-corrected chi connectivity index (χ2v) is 25.2. The number of Topliss-reactive ketones (excluding diaryl/α,β-unsaturated/α-hetero) is 3. The number of fused-ring (bicyclic) bond motifs is 5. The topological polar surface area (TPSA) is 285 Å². The summed E-state index contributed by atoms with van der Waals surface area (Å²) >= 11 is 7.76. The third kappa shape index (κ3) is 19.4. The molecule has 10 atom stereocenters. The van der Waals surface area contributed by atoms with Gasteiger partial charge in [0.2, 0.25) is 23.6 Å². The highest BCUT2D eigenvalue weighted by atomic mass is 35.5. The van der Waals surface area contributed by atoms with Crippen molar-refractivity contribution in [1.29, 1.82) is 0 Å². The Balaban J connectivity index is 1.11. The molecule has 5 rings (SSSR count). The number of carbonyl (C=O) groups is 10. The minimum Gasteiger partial charge on any atom is -0.480 e. The van der Waals surface area contributed by atoms with E-state index in [4.69, 9.17) is 25.8 Å². The van der Waals surface area contributed by atoms with Crippen molar-refractivity contribution < 1.29 is 72.4 Å². The Morgan fingerprint density at radius 1 is 0.988 bits per heavy atom. The lowest BCUT2D eigenvalue weighted by atomic mass is 9.79. The molecule has 460 valence electrons. The van der Waals surface area contributed by atoms with Crippen molar-refractivity contribution in [3.63, 3.8) is 0 Å². The lowest BCUT2D eigenvalue weighted by Gasteiger charge is -2.41. The van der Waals surface area contributed by atoms with Crippen LogP contribution in [0.3, 0.4) is 0 Å². The summed E-state index contributed by atoms with van der Waals surface area (Å²) in [5.41, 5.74) is 0.0916. The van der Waals surface area contributed by atoms with E-state index in [0.717, 1.165) is 41.3 Å². The highest BCUT2D eigenvalue weighted by Crippen LogP contribution is 2.49. The number of benzene rings is 1. The first-order valence-electron chi connectivity index (χ1n) is 29.3. The molecule has 4 bridgehead atoms. The van der Waals surface area contributed by atoms with Crippen LogP contribution in [0, 0.1) is 30.6 Å². The molecule has 0 spiro atoms. The maximum atomic E-state index is 14.3. The number of epoxide rings is 1. The molecule has 1 aromatic carbocycles. The Labute approximate surface area is 497 Å². The standard InChI is InChI=1S/C61H88ClN5O15S/c1-11-51(71)64-44(47(70)25-20-38(5)68)18-13-12-14-19-46(69)43-23-21-41(22-24-43)34-63-52(72)31-49(57(75)76)83-27-26-53(73)66(9)40(7)58(77)81-50-32-54(74)67(10)45-30-42(29-36(3)55(45)62)28-35(2)16-15-17-37(4)61(79)33-48(80-59(78)65-61)39(6)56-60(50,8)82-56/h15-17,29-30,37,39-41,43-44,48-50,56,79H,11-14,18-28,31-34H2,1-10H3,(H,63,72)(H,64,71)(H,65,78)(H,75,76)/b17-15+,35-16+/t37?,39-,40+,41?,43?,44?,48?,49?,50+,56+,60+,61+/m1/s1. The number of halogens is 1. The van der Waals surface area contributed by atoms with Crippen LogP contribution in [0.15, 0.2) is 35.9 Å². The van der Waals surface area contributed by atoms with Crippen LogP contribution in [-0.2, 0) is 63.8 Å². The average Bonchev–Trinajstić information content (AvgIpc) is 2.15. The molecule has 3 heterocycles. The number of carboxylic acid groups (broad SMARTS) is 1. The molecule has 2 saturated heterocycles. The van der Waals surface area contributed by atoms with Gasteiger partial charge in [0.25, 0.3) is 0 Å². The van der Waals surface area contributed by atoms with Gasteiger partial charge in [0.15, 0.2) is 5.78 Å². The molecule has 5 amide bonds. The fraction of sp³-hybridized carbons (Fsp3) is 0.672. The van der Waals surface area contributed by atoms with Crippen LogP contribution in [0.1, 0.15) is 162 Å². The number of carboxylic acids is 1. The van der Waals surface area contributed by atoms with Crippen molar-refractivity contribution in [2.24, 2.45) is 23.7 Å². The van der Waals surface area contributed by atoms with Gasteiger partial charge in [-0.3, -0.25) is 38.9 Å². The van der Waals surface area contributed by atoms with E-state index in [1.165, 1.54) is 30.7 Å². The summed E-state index contributed by atoms with van der Waals surface area (Å²) in [6.07, 6.45) is 7.78. The number of amides is 5. The quantitative estimate of drug-likeness (QED) is 0.0356. The molecule has 4 unspecified atom stereocenters. The average molecular weight is 1200 g/mol. The summed E-state index contributed by atoms with van der Waals surface area (Å²) in [4.78, 5) is 132. The number of aliphatic hydroxyl groups is 1. The summed E-state index contributed by atoms with van der Waals surface area (Å²) in [5.74, 6) is -4.80. The summed E-state index contributed by atoms with van der Waals surface area (Å²) in [6, 6.07) is 1.95. The Bertz CT molecular complexity index is 2620. The van der Waals surface area contributed by atoms with Crippen molar-refractivity contribution in [2.75, 3.05) is 31.3 Å². The minimum absolute atomic E-state index is 0.00473. The van der Waals surface area contributed by atoms with Gasteiger partial charge in [-0.25, -0.2) is 9.59 Å². The molecular weight excluding hydrogens is 1110 g/mol. The summed E-state index contributed by atoms with van der Waals surface area (Å²) in [7, 11) is 2.99. The number of ether oxygens (including phenoxy) is 3. The van der Waals surface area contributed by atoms with E-state index in [0.29, 0.717) is 68.6 Å². The Hall–Kier alpha value is -5.64. The van der Waals surface area contributed by atoms with Gasteiger partial charge >= 0.3 is 18.0 Å². The maximum absolute atomic E-state index is 14.3. The normalized spacial score (nSPS) is 27.6. The van der Waals surface area contributed by atoms with Crippen LogP contribution in [0.2, 0.25) is 5.02 Å². The zero-order valence-electron chi connectivity index (χ0n) is 50.0. The third-order valence-electron chi connectivity index (χ3n) is 17.0. The van der Waals surface area contributed by atoms with Crippen LogP contribution in [0.5, 0.6) is 0 Å². The summed E-state index contributed by atoms with van der Waals surface area (Å²) in [6.45, 7) is 14.0. The highest BCUT2D eigenvalue weighted by Gasteiger charge is 2.64. The summed E-state index contributed by atoms with van der Waals surface area (Å²) in [5, 5.41) is 29.2. The number of carbonyl (C=O) groups excluding carboxylic acids is 9. The van der Waals surface area contributed by atoms with Gasteiger partial charge in [-0.05, 0) is 103 Å². The molecule has 4 aliphatic rings. The minimum atomic E-state index is -1.67. The number of unbranched alkanes of at least 4 members (excludes halogenated alkanes) is 2. The second-order valence-electron chi connectivity index (χ2n) is 23.5. The zero-order chi connectivity index (χ0) is 61.5. The van der Waals surface area contributed by atoms with Gasteiger partial charge in [0.05, 0.1) is 29.3 Å². The van der Waals surface area contributed by atoms with Crippen LogP contribution in [0.4, 0.5) is 10.5 Å². The van der Waals surface area contributed by atoms with E-state index in [1.54, 1.807) is 40.8 Å². The number of hydrogen-bond donors (Lipinski definition) is 5. The fourth-order valence-corrected chi connectivity index (χ4v) is 12.4. The molecule has 3 fully saturated rings. The number of esters is 1. The number of nitrogens with zero attached hydrogens (tertiary/aromatic N) is 2. The first-order chi connectivity index (χ1) is 39.1. The number of ketones is 3. The van der Waals surface area contributed by atoms with Gasteiger partial charge < -0.3 is 49.7 Å². The van der Waals surface area contributed by atoms with Crippen LogP contribution in [-0.4, -0.2) is 147 Å². The Kier molecular flexibility index (Phi) is 25.4. The number of likely N-dealkylation sites (N-methyl/N-ethyl adjacent to an activating group) is 1. The summed E-state index contributed by atoms with van der Waals surface area (Å²) < 4.78 is 18.2. The lowest BCUT2D eigenvalue weighted by molar-refractivity contribution is -0.162. The largest absolute Gasteiger partial charge is 0.480 e. The molecule has 22 heteroatoms. The van der Waals surface area contributed by atoms with Crippen molar-refractivity contribution in [2.45, 2.75) is 212 Å². The Morgan fingerprint density at radius 3 is 2.35 bits per heavy atom. The molecule has 20 nitrogen and oxygen atoms in total. The van der Waals surface area contributed by atoms with Crippen molar-refractivity contribution in [3.8, 4) is 0 Å². The monoisotopic (exact) mass is 1200 g/mol. The first-order valence-corrected chi connectivity index (χ1v) is 30.7. The number of nitrogens with one attached hydrogen (secondary N) is 3. The fourth-order valence-electron chi connectivity index (χ4n) is 11.1. The second kappa shape index (κ2) is 31.0. The van der Waals surface area contributed by atoms with Gasteiger partial charge in [-0.2, -0.15) is 0 Å². The molecule has 5 N–H and O–H groups in total. The highest BCUT2D eigenvalue weighted by molar-refractivity contribution is 8.00. The third-order valence-corrected chi connectivity index (χ3v) is 18.7. The van der Waals surface area contributed by atoms with Crippen LogP contribution < -0.4 is 20.9 Å². The molecular formula is C61H88ClN5O15S. The molecule has 1 saturated carbocycles. The van der Waals surface area contributed by atoms with E-state index < -0.39 is 94.6 Å². The zero-order valence-corrected chi connectivity index (χ0v) is 51.6. The van der Waals surface area contributed by atoms with Gasteiger partial charge in [-0.15, -0.1) is 11.8 Å². The van der Waals surface area contributed by atoms with Crippen LogP contribution in [0.25, 0.3) is 0 Å². The first kappa shape index (κ1) is 68.1. The SMILES string of the molecule is CCC(=O)NC(CCCCCC(=O)C1CCC(CNC(=O)CC(SCCC(=O)N(C)[C@@H](C)C(=O)O[C@H]2CC(=O)N(C)c3cc(cc(C)c3Cl)C/C(C)=C/C=C/C(C)[C@@]3(O)CC(OC(=O)N3)[C@@H](C)[C@@H]3O[C@@]23C)C(=O)O)CC1)C(=O)CCC(C)=O. The predicted molar refractivity (Wildman–Crippen MR) is 314 cm³/mol. The Morgan fingerprint density at radius 2 is 1.69 bits per heavy atom. The molecule has 1 aliphatic carbocycles. The molecule has 0 aromatic heterocycles. The van der Waals surface area contributed by atoms with E-state index in [1.807, 2.05) is 38.1 Å². The lowest BCUT2D eigenvalue weighted by Crippen LogP contribution is -2.60. The molecule has 83 heavy (non-hydrogen) atoms. The van der Waals surface area contributed by atoms with Gasteiger partial charge in [0.1, 0.15) is 46.4 Å². The van der Waals surface area contributed by atoms with Crippen molar-refractivity contribution in [1.82, 2.24) is 20.9 Å². The number of hydrogen-bond acceptors (Lipinski definition) is 15. The van der Waals surface area contributed by atoms with Crippen molar-refractivity contribution in [3.05, 3.63) is 52.1 Å². The van der Waals surface area contributed by atoms with E-state index in [9.17, 15) is 58.2 Å². The molecule has 3 aliphatic heterocycles. The number of aliphatic carboxylic acids is 1. The van der Waals surface area contributed by atoms with Crippen molar-refractivity contribution >= 4 is 88.1 Å². The number of allylic oxidation sites excluding steroid dienone is 3. The number of alkyl carbamates (subject to hydrolysis) is 1.